The van der Waals surface area contributed by atoms with Crippen molar-refractivity contribution in [3.05, 3.63) is 64.5 Å². The smallest absolute Gasteiger partial charge is 0.323 e. The molecule has 0 unspecified atom stereocenters. The monoisotopic (exact) mass is 479 g/mol. The summed E-state index contributed by atoms with van der Waals surface area (Å²) in [4.78, 5) is 34.0. The summed E-state index contributed by atoms with van der Waals surface area (Å²) in [5.74, 6) is 0.456. The van der Waals surface area contributed by atoms with Crippen molar-refractivity contribution in [1.82, 2.24) is 14.9 Å². The minimum absolute atomic E-state index is 0.0521. The third-order valence-corrected chi connectivity index (χ3v) is 6.25. The zero-order valence-electron chi connectivity index (χ0n) is 19.8. The highest BCUT2D eigenvalue weighted by Gasteiger charge is 2.31. The van der Waals surface area contributed by atoms with E-state index < -0.39 is 4.92 Å². The lowest BCUT2D eigenvalue weighted by Crippen LogP contribution is -2.37. The molecule has 1 fully saturated rings. The molecular formula is C25H29N5O5. The van der Waals surface area contributed by atoms with Crippen molar-refractivity contribution in [1.29, 1.82) is 0 Å². The first-order valence-corrected chi connectivity index (χ1v) is 11.7. The fourth-order valence-corrected chi connectivity index (χ4v) is 4.42. The van der Waals surface area contributed by atoms with Crippen LogP contribution in [0.4, 0.5) is 11.5 Å². The maximum absolute atomic E-state index is 11.9. The largest absolute Gasteiger partial charge is 0.487 e. The molecule has 3 aromatic rings. The zero-order valence-corrected chi connectivity index (χ0v) is 19.8. The number of methoxy groups -OCH3 is 1. The van der Waals surface area contributed by atoms with Crippen molar-refractivity contribution in [2.75, 3.05) is 32.1 Å². The fourth-order valence-electron chi connectivity index (χ4n) is 4.42. The molecule has 184 valence electrons. The van der Waals surface area contributed by atoms with E-state index in [0.29, 0.717) is 29.7 Å². The van der Waals surface area contributed by atoms with Crippen molar-refractivity contribution in [2.45, 2.75) is 38.3 Å². The van der Waals surface area contributed by atoms with Crippen molar-refractivity contribution in [2.24, 2.45) is 0 Å². The molecule has 10 nitrogen and oxygen atoms in total. The summed E-state index contributed by atoms with van der Waals surface area (Å²) in [5.41, 5.74) is 1.48. The molecule has 1 aliphatic heterocycles. The minimum Gasteiger partial charge on any atom is -0.487 e. The van der Waals surface area contributed by atoms with Gasteiger partial charge in [-0.05, 0) is 38.3 Å². The Morgan fingerprint density at radius 3 is 2.83 bits per heavy atom. The minimum atomic E-state index is -0.458. The van der Waals surface area contributed by atoms with E-state index in [-0.39, 0.29) is 36.1 Å². The number of ether oxygens (including phenoxy) is 2. The van der Waals surface area contributed by atoms with Crippen LogP contribution in [-0.2, 0) is 9.53 Å². The highest BCUT2D eigenvalue weighted by molar-refractivity contribution is 5.92. The van der Waals surface area contributed by atoms with E-state index >= 15 is 0 Å². The number of fused-ring (bicyclic) bond motifs is 1. The number of hydrogen-bond donors (Lipinski definition) is 1. The number of nitro benzene ring substituents is 1. The first-order valence-electron chi connectivity index (χ1n) is 11.7. The van der Waals surface area contributed by atoms with Crippen LogP contribution in [-0.4, -0.2) is 58.6 Å². The van der Waals surface area contributed by atoms with Gasteiger partial charge >= 0.3 is 11.7 Å². The summed E-state index contributed by atoms with van der Waals surface area (Å²) in [6, 6.07) is 12.6. The third kappa shape index (κ3) is 5.65. The predicted molar refractivity (Wildman–Crippen MR) is 131 cm³/mol. The number of likely N-dealkylation sites (tertiary alicyclic amines) is 1. The molecular weight excluding hydrogens is 450 g/mol. The number of carbonyl (C=O) groups is 1. The van der Waals surface area contributed by atoms with Gasteiger partial charge in [0, 0.05) is 30.1 Å². The van der Waals surface area contributed by atoms with Gasteiger partial charge in [0.1, 0.15) is 18.2 Å². The van der Waals surface area contributed by atoms with E-state index in [4.69, 9.17) is 9.47 Å². The molecule has 1 N–H and O–H groups in total. The van der Waals surface area contributed by atoms with Gasteiger partial charge in [-0.1, -0.05) is 30.3 Å². The first-order chi connectivity index (χ1) is 17.0. The Balaban J connectivity index is 1.47. The van der Waals surface area contributed by atoms with Crippen LogP contribution >= 0.6 is 0 Å². The van der Waals surface area contributed by atoms with Crippen molar-refractivity contribution < 1.29 is 19.2 Å². The molecule has 0 spiro atoms. The number of nitro groups is 1. The van der Waals surface area contributed by atoms with Gasteiger partial charge in [0.05, 0.1) is 24.2 Å². The second-order valence-electron chi connectivity index (χ2n) is 8.51. The lowest BCUT2D eigenvalue weighted by molar-refractivity contribution is -0.385. The summed E-state index contributed by atoms with van der Waals surface area (Å²) in [6.07, 6.45) is 3.77. The molecule has 2 atom stereocenters. The molecule has 1 aliphatic rings. The number of anilines is 1. The molecule has 2 heterocycles. The molecule has 0 radical (unpaired) electrons. The first kappa shape index (κ1) is 24.3. The van der Waals surface area contributed by atoms with E-state index in [2.05, 4.69) is 20.2 Å². The Hall–Kier alpha value is -3.79. The number of aromatic nitrogens is 2. The molecule has 0 amide bonds. The van der Waals surface area contributed by atoms with Gasteiger partial charge in [-0.2, -0.15) is 0 Å². The van der Waals surface area contributed by atoms with Crippen LogP contribution in [0.1, 0.15) is 37.8 Å². The number of benzene rings is 2. The number of esters is 1. The Bertz CT molecular complexity index is 1190. The van der Waals surface area contributed by atoms with Crippen LogP contribution in [0.2, 0.25) is 0 Å². The summed E-state index contributed by atoms with van der Waals surface area (Å²) in [5, 5.41) is 15.7. The van der Waals surface area contributed by atoms with Crippen LogP contribution in [0, 0.1) is 10.1 Å². The van der Waals surface area contributed by atoms with Gasteiger partial charge in [0.25, 0.3) is 0 Å². The van der Waals surface area contributed by atoms with Gasteiger partial charge in [-0.25, -0.2) is 9.97 Å². The maximum Gasteiger partial charge on any atom is 0.323 e. The highest BCUT2D eigenvalue weighted by Crippen LogP contribution is 2.35. The van der Waals surface area contributed by atoms with Crippen LogP contribution in [0.3, 0.4) is 0 Å². The summed E-state index contributed by atoms with van der Waals surface area (Å²) in [7, 11) is 1.40. The summed E-state index contributed by atoms with van der Waals surface area (Å²) >= 11 is 0. The Labute approximate surface area is 203 Å². The van der Waals surface area contributed by atoms with Crippen LogP contribution in [0.15, 0.2) is 48.8 Å². The van der Waals surface area contributed by atoms with Crippen molar-refractivity contribution in [3.63, 3.8) is 0 Å². The predicted octanol–water partition coefficient (Wildman–Crippen LogP) is 4.12. The van der Waals surface area contributed by atoms with Crippen molar-refractivity contribution in [3.8, 4) is 5.75 Å². The lowest BCUT2D eigenvalue weighted by atomic mass is 10.1. The average molecular weight is 480 g/mol. The summed E-state index contributed by atoms with van der Waals surface area (Å²) in [6.45, 7) is 3.75. The van der Waals surface area contributed by atoms with E-state index in [9.17, 15) is 14.9 Å². The maximum atomic E-state index is 11.9. The van der Waals surface area contributed by atoms with Crippen molar-refractivity contribution >= 4 is 28.4 Å². The topological polar surface area (TPSA) is 120 Å². The number of hydrogen-bond acceptors (Lipinski definition) is 9. The Kier molecular flexibility index (Phi) is 7.71. The Morgan fingerprint density at radius 2 is 2.09 bits per heavy atom. The standard InChI is InChI=1S/C25H29N5O5/c1-17(18-8-4-3-5-9-18)28-24-19-14-22(30(32)33)23(15-20(19)26-16-27-24)35-13-7-12-29-11-6-10-21(29)25(31)34-2/h3-5,8-9,14-17,21H,6-7,10-13H2,1-2H3,(H,26,27,28)/t17-,21-/m1/s1. The normalized spacial score (nSPS) is 16.7. The highest BCUT2D eigenvalue weighted by atomic mass is 16.6. The van der Waals surface area contributed by atoms with E-state index in [1.807, 2.05) is 37.3 Å². The molecule has 0 aliphatic carbocycles. The molecule has 0 bridgehead atoms. The third-order valence-electron chi connectivity index (χ3n) is 6.25. The summed E-state index contributed by atoms with van der Waals surface area (Å²) < 4.78 is 10.7. The van der Waals surface area contributed by atoms with Crippen LogP contribution in [0.5, 0.6) is 5.75 Å². The van der Waals surface area contributed by atoms with Crippen LogP contribution < -0.4 is 10.1 Å². The van der Waals surface area contributed by atoms with Crippen LogP contribution in [0.25, 0.3) is 10.9 Å². The van der Waals surface area contributed by atoms with Gasteiger partial charge in [-0.15, -0.1) is 0 Å². The molecule has 0 saturated carbocycles. The molecule has 10 heteroatoms. The molecule has 1 aromatic heterocycles. The fraction of sp³-hybridized carbons (Fsp3) is 0.400. The second-order valence-corrected chi connectivity index (χ2v) is 8.51. The van der Waals surface area contributed by atoms with Gasteiger partial charge in [0.2, 0.25) is 0 Å². The molecule has 2 aromatic carbocycles. The average Bonchev–Trinajstić information content (AvgIpc) is 3.35. The zero-order chi connectivity index (χ0) is 24.8. The van der Waals surface area contributed by atoms with Gasteiger partial charge in [-0.3, -0.25) is 19.8 Å². The quantitative estimate of drug-likeness (QED) is 0.198. The molecule has 35 heavy (non-hydrogen) atoms. The van der Waals surface area contributed by atoms with Gasteiger partial charge < -0.3 is 14.8 Å². The van der Waals surface area contributed by atoms with Gasteiger partial charge in [0.15, 0.2) is 5.75 Å². The Morgan fingerprint density at radius 1 is 1.29 bits per heavy atom. The second kappa shape index (κ2) is 11.1. The van der Waals surface area contributed by atoms with E-state index in [1.165, 1.54) is 19.5 Å². The number of rotatable bonds is 10. The molecule has 4 rings (SSSR count). The number of nitrogens with one attached hydrogen (secondary N) is 1. The van der Waals surface area contributed by atoms with E-state index in [1.54, 1.807) is 6.07 Å². The number of nitrogens with zero attached hydrogens (tertiary/aromatic N) is 4. The van der Waals surface area contributed by atoms with E-state index in [0.717, 1.165) is 24.9 Å². The lowest BCUT2D eigenvalue weighted by Gasteiger charge is -2.22. The SMILES string of the molecule is COC(=O)[C@H]1CCCN1CCCOc1cc2ncnc(N[C@H](C)c3ccccc3)c2cc1[N+](=O)[O-]. The number of carbonyl (C=O) groups excluding carboxylic acids is 1. The molecule has 1 saturated heterocycles.